The first-order valence-corrected chi connectivity index (χ1v) is 7.84. The van der Waals surface area contributed by atoms with E-state index in [1.807, 2.05) is 57.2 Å². The van der Waals surface area contributed by atoms with Crippen molar-refractivity contribution in [1.82, 2.24) is 5.32 Å². The molecule has 4 nitrogen and oxygen atoms in total. The molecule has 5 heteroatoms. The summed E-state index contributed by atoms with van der Waals surface area (Å²) in [5.41, 5.74) is 3.81. The fraction of sp³-hybridized carbons (Fsp3) is 0.278. The highest BCUT2D eigenvalue weighted by Gasteiger charge is 2.09. The Morgan fingerprint density at radius 1 is 1.09 bits per heavy atom. The molecule has 0 saturated carbocycles. The molecule has 2 rings (SSSR count). The number of nitrogens with one attached hydrogen (secondary N) is 2. The van der Waals surface area contributed by atoms with Crippen LogP contribution >= 0.6 is 11.6 Å². The molecule has 0 aliphatic heterocycles. The van der Waals surface area contributed by atoms with Gasteiger partial charge < -0.3 is 15.4 Å². The fourth-order valence-corrected chi connectivity index (χ4v) is 2.57. The molecule has 0 heterocycles. The van der Waals surface area contributed by atoms with Crippen LogP contribution in [-0.2, 0) is 0 Å². The summed E-state index contributed by atoms with van der Waals surface area (Å²) in [4.78, 5) is 11.9. The second-order valence-corrected chi connectivity index (χ2v) is 5.89. The van der Waals surface area contributed by atoms with Gasteiger partial charge in [0.05, 0.1) is 17.3 Å². The van der Waals surface area contributed by atoms with E-state index in [9.17, 15) is 4.79 Å². The Morgan fingerprint density at radius 3 is 2.43 bits per heavy atom. The lowest BCUT2D eigenvalue weighted by atomic mass is 10.1. The lowest BCUT2D eigenvalue weighted by Crippen LogP contribution is -2.32. The molecule has 0 radical (unpaired) electrons. The minimum absolute atomic E-state index is 0.300. The predicted molar refractivity (Wildman–Crippen MR) is 94.6 cm³/mol. The molecular weight excluding hydrogens is 312 g/mol. The maximum absolute atomic E-state index is 11.9. The monoisotopic (exact) mass is 332 g/mol. The molecule has 2 aromatic carbocycles. The maximum Gasteiger partial charge on any atom is 0.319 e. The fourth-order valence-electron chi connectivity index (χ4n) is 2.20. The standard InChI is InChI=1S/C18H21ClN2O2/c1-12-4-6-15(7-5-12)23-9-8-20-18(22)21-17-14(3)10-13(2)11-16(17)19/h4-7,10-11H,8-9H2,1-3H3,(H2,20,21,22). The molecule has 0 atom stereocenters. The van der Waals surface area contributed by atoms with Crippen molar-refractivity contribution in [1.29, 1.82) is 0 Å². The van der Waals surface area contributed by atoms with Gasteiger partial charge in [0.1, 0.15) is 12.4 Å². The SMILES string of the molecule is Cc1ccc(OCCNC(=O)Nc2c(C)cc(C)cc2Cl)cc1. The quantitative estimate of drug-likeness (QED) is 0.794. The number of carbonyl (C=O) groups is 1. The number of hydrogen-bond acceptors (Lipinski definition) is 2. The molecule has 0 unspecified atom stereocenters. The molecular formula is C18H21ClN2O2. The highest BCUT2D eigenvalue weighted by molar-refractivity contribution is 6.34. The Kier molecular flexibility index (Phi) is 5.88. The molecule has 0 aliphatic rings. The second kappa shape index (κ2) is 7.88. The van der Waals surface area contributed by atoms with Gasteiger partial charge in [0.15, 0.2) is 0 Å². The van der Waals surface area contributed by atoms with E-state index in [0.29, 0.717) is 23.9 Å². The molecule has 2 amide bonds. The zero-order chi connectivity index (χ0) is 16.8. The topological polar surface area (TPSA) is 50.4 Å². The lowest BCUT2D eigenvalue weighted by Gasteiger charge is -2.13. The van der Waals surface area contributed by atoms with Crippen LogP contribution in [0.5, 0.6) is 5.75 Å². The van der Waals surface area contributed by atoms with Gasteiger partial charge in [-0.15, -0.1) is 0 Å². The lowest BCUT2D eigenvalue weighted by molar-refractivity contribution is 0.247. The zero-order valence-electron chi connectivity index (χ0n) is 13.6. The summed E-state index contributed by atoms with van der Waals surface area (Å²) in [5.74, 6) is 0.787. The molecule has 23 heavy (non-hydrogen) atoms. The normalized spacial score (nSPS) is 10.3. The van der Waals surface area contributed by atoms with Gasteiger partial charge >= 0.3 is 6.03 Å². The highest BCUT2D eigenvalue weighted by atomic mass is 35.5. The number of ether oxygens (including phenoxy) is 1. The van der Waals surface area contributed by atoms with E-state index >= 15 is 0 Å². The number of urea groups is 1. The van der Waals surface area contributed by atoms with E-state index in [1.165, 1.54) is 5.56 Å². The Bertz CT molecular complexity index is 661. The largest absolute Gasteiger partial charge is 0.492 e. The minimum Gasteiger partial charge on any atom is -0.492 e. The summed E-state index contributed by atoms with van der Waals surface area (Å²) in [5, 5.41) is 6.06. The van der Waals surface area contributed by atoms with Crippen molar-refractivity contribution in [2.75, 3.05) is 18.5 Å². The van der Waals surface area contributed by atoms with Gasteiger partial charge in [0, 0.05) is 0 Å². The zero-order valence-corrected chi connectivity index (χ0v) is 14.3. The smallest absolute Gasteiger partial charge is 0.319 e. The van der Waals surface area contributed by atoms with Crippen LogP contribution in [-0.4, -0.2) is 19.2 Å². The van der Waals surface area contributed by atoms with Crippen molar-refractivity contribution >= 4 is 23.3 Å². The van der Waals surface area contributed by atoms with Crippen LogP contribution in [0.4, 0.5) is 10.5 Å². The third-order valence-electron chi connectivity index (χ3n) is 3.35. The Balaban J connectivity index is 1.78. The third kappa shape index (κ3) is 5.18. The Labute approximate surface area is 141 Å². The van der Waals surface area contributed by atoms with Crippen LogP contribution in [0.1, 0.15) is 16.7 Å². The molecule has 2 aromatic rings. The van der Waals surface area contributed by atoms with Gasteiger partial charge in [-0.1, -0.05) is 35.4 Å². The predicted octanol–water partition coefficient (Wildman–Crippen LogP) is 4.47. The molecule has 0 aliphatic carbocycles. The van der Waals surface area contributed by atoms with E-state index in [1.54, 1.807) is 0 Å². The number of hydrogen-bond donors (Lipinski definition) is 2. The molecule has 0 bridgehead atoms. The van der Waals surface area contributed by atoms with Crippen molar-refractivity contribution < 1.29 is 9.53 Å². The highest BCUT2D eigenvalue weighted by Crippen LogP contribution is 2.27. The van der Waals surface area contributed by atoms with Crippen molar-refractivity contribution in [3.63, 3.8) is 0 Å². The average Bonchev–Trinajstić information content (AvgIpc) is 2.49. The van der Waals surface area contributed by atoms with E-state index in [-0.39, 0.29) is 6.03 Å². The molecule has 0 fully saturated rings. The molecule has 0 spiro atoms. The van der Waals surface area contributed by atoms with Gasteiger partial charge in [0.2, 0.25) is 0 Å². The summed E-state index contributed by atoms with van der Waals surface area (Å²) < 4.78 is 5.56. The first-order chi connectivity index (χ1) is 11.0. The number of aryl methyl sites for hydroxylation is 3. The van der Waals surface area contributed by atoms with Crippen LogP contribution in [0.25, 0.3) is 0 Å². The van der Waals surface area contributed by atoms with Gasteiger partial charge in [-0.3, -0.25) is 0 Å². The van der Waals surface area contributed by atoms with Gasteiger partial charge in [-0.05, 0) is 50.1 Å². The summed E-state index contributed by atoms with van der Waals surface area (Å²) in [6.45, 7) is 6.70. The average molecular weight is 333 g/mol. The van der Waals surface area contributed by atoms with E-state index < -0.39 is 0 Å². The summed E-state index contributed by atoms with van der Waals surface area (Å²) in [6, 6.07) is 11.3. The molecule has 122 valence electrons. The molecule has 0 aromatic heterocycles. The second-order valence-electron chi connectivity index (χ2n) is 5.48. The minimum atomic E-state index is -0.300. The number of benzene rings is 2. The maximum atomic E-state index is 11.9. The van der Waals surface area contributed by atoms with Crippen LogP contribution in [0, 0.1) is 20.8 Å². The number of carbonyl (C=O) groups excluding carboxylic acids is 1. The van der Waals surface area contributed by atoms with Crippen LogP contribution in [0.2, 0.25) is 5.02 Å². The summed E-state index contributed by atoms with van der Waals surface area (Å²) in [7, 11) is 0. The molecule has 0 saturated heterocycles. The third-order valence-corrected chi connectivity index (χ3v) is 3.65. The Morgan fingerprint density at radius 2 is 1.78 bits per heavy atom. The Hall–Kier alpha value is -2.20. The van der Waals surface area contributed by atoms with Crippen molar-refractivity contribution in [2.24, 2.45) is 0 Å². The number of amides is 2. The van der Waals surface area contributed by atoms with Gasteiger partial charge in [-0.25, -0.2) is 4.79 Å². The summed E-state index contributed by atoms with van der Waals surface area (Å²) in [6.07, 6.45) is 0. The molecule has 2 N–H and O–H groups in total. The van der Waals surface area contributed by atoms with Crippen LogP contribution in [0.15, 0.2) is 36.4 Å². The van der Waals surface area contributed by atoms with Crippen molar-refractivity contribution in [3.05, 3.63) is 58.1 Å². The van der Waals surface area contributed by atoms with Crippen LogP contribution < -0.4 is 15.4 Å². The van der Waals surface area contributed by atoms with Crippen molar-refractivity contribution in [3.8, 4) is 5.75 Å². The van der Waals surface area contributed by atoms with Crippen molar-refractivity contribution in [2.45, 2.75) is 20.8 Å². The number of halogens is 1. The van der Waals surface area contributed by atoms with Gasteiger partial charge in [0.25, 0.3) is 0 Å². The summed E-state index contributed by atoms with van der Waals surface area (Å²) >= 11 is 6.17. The van der Waals surface area contributed by atoms with E-state index in [2.05, 4.69) is 10.6 Å². The first kappa shape index (κ1) is 17.2. The van der Waals surface area contributed by atoms with Crippen LogP contribution in [0.3, 0.4) is 0 Å². The first-order valence-electron chi connectivity index (χ1n) is 7.47. The van der Waals surface area contributed by atoms with E-state index in [4.69, 9.17) is 16.3 Å². The number of rotatable bonds is 5. The van der Waals surface area contributed by atoms with E-state index in [0.717, 1.165) is 16.9 Å². The number of anilines is 1. The van der Waals surface area contributed by atoms with Gasteiger partial charge in [-0.2, -0.15) is 0 Å².